The summed E-state index contributed by atoms with van der Waals surface area (Å²) >= 11 is 0. The fourth-order valence-electron chi connectivity index (χ4n) is 2.79. The van der Waals surface area contributed by atoms with Crippen LogP contribution in [0.2, 0.25) is 0 Å². The molecule has 0 aliphatic rings. The van der Waals surface area contributed by atoms with Gasteiger partial charge in [-0.2, -0.15) is 0 Å². The van der Waals surface area contributed by atoms with Gasteiger partial charge in [-0.25, -0.2) is 4.79 Å². The Morgan fingerprint density at radius 1 is 1.16 bits per heavy atom. The van der Waals surface area contributed by atoms with Gasteiger partial charge in [-0.3, -0.25) is 4.79 Å². The zero-order valence-corrected chi connectivity index (χ0v) is 13.9. The first-order valence-electron chi connectivity index (χ1n) is 7.80. The number of carbonyl (C=O) groups is 1. The Labute approximate surface area is 144 Å². The van der Waals surface area contributed by atoms with Gasteiger partial charge in [0.15, 0.2) is 0 Å². The summed E-state index contributed by atoms with van der Waals surface area (Å²) in [4.78, 5) is 26.4. The predicted octanol–water partition coefficient (Wildman–Crippen LogP) is 3.41. The number of carboxylic acid groups (broad SMARTS) is 1. The Morgan fingerprint density at radius 3 is 2.48 bits per heavy atom. The monoisotopic (exact) mass is 338 g/mol. The van der Waals surface area contributed by atoms with E-state index in [2.05, 4.69) is 10.3 Å². The van der Waals surface area contributed by atoms with Crippen LogP contribution in [0.3, 0.4) is 0 Å². The van der Waals surface area contributed by atoms with Gasteiger partial charge in [0, 0.05) is 11.4 Å². The van der Waals surface area contributed by atoms with Gasteiger partial charge in [0.1, 0.15) is 11.3 Å². The van der Waals surface area contributed by atoms with Gasteiger partial charge in [-0.15, -0.1) is 0 Å². The summed E-state index contributed by atoms with van der Waals surface area (Å²) in [7, 11) is 1.60. The smallest absolute Gasteiger partial charge is 0.343 e. The molecule has 128 valence electrons. The molecule has 0 aliphatic carbocycles. The Balaban J connectivity index is 2.08. The minimum absolute atomic E-state index is 0.200. The molecule has 1 atom stereocenters. The number of pyridine rings is 1. The van der Waals surface area contributed by atoms with Crippen molar-refractivity contribution in [3.63, 3.8) is 0 Å². The van der Waals surface area contributed by atoms with E-state index in [-0.39, 0.29) is 11.6 Å². The molecule has 3 rings (SSSR count). The van der Waals surface area contributed by atoms with Crippen LogP contribution in [0.15, 0.2) is 53.3 Å². The van der Waals surface area contributed by atoms with Crippen molar-refractivity contribution in [3.8, 4) is 5.75 Å². The van der Waals surface area contributed by atoms with Gasteiger partial charge in [0.25, 0.3) is 5.56 Å². The second kappa shape index (κ2) is 6.68. The summed E-state index contributed by atoms with van der Waals surface area (Å²) in [5.74, 6) is -0.528. The van der Waals surface area contributed by atoms with Crippen molar-refractivity contribution >= 4 is 22.6 Å². The Bertz CT molecular complexity index is 977. The molecular weight excluding hydrogens is 320 g/mol. The van der Waals surface area contributed by atoms with E-state index in [0.717, 1.165) is 11.3 Å². The molecule has 3 N–H and O–H groups in total. The third kappa shape index (κ3) is 3.19. The lowest BCUT2D eigenvalue weighted by atomic mass is 10.0. The number of aromatic amines is 1. The van der Waals surface area contributed by atoms with Gasteiger partial charge < -0.3 is 20.1 Å². The maximum absolute atomic E-state index is 12.2. The van der Waals surface area contributed by atoms with Crippen LogP contribution in [0.4, 0.5) is 5.69 Å². The fraction of sp³-hybridized carbons (Fsp3) is 0.158. The normalized spacial score (nSPS) is 11.9. The van der Waals surface area contributed by atoms with E-state index in [1.54, 1.807) is 31.4 Å². The number of benzene rings is 2. The number of aromatic carboxylic acids is 1. The van der Waals surface area contributed by atoms with E-state index >= 15 is 0 Å². The average Bonchev–Trinajstić information content (AvgIpc) is 2.61. The summed E-state index contributed by atoms with van der Waals surface area (Å²) in [6.45, 7) is 1.91. The number of hydrogen-bond donors (Lipinski definition) is 3. The van der Waals surface area contributed by atoms with Crippen LogP contribution in [-0.2, 0) is 0 Å². The number of ether oxygens (including phenoxy) is 1. The summed E-state index contributed by atoms with van der Waals surface area (Å²) in [6.07, 6.45) is 0. The summed E-state index contributed by atoms with van der Waals surface area (Å²) in [6, 6.07) is 14.4. The first kappa shape index (κ1) is 16.6. The molecular formula is C19H18N2O4. The highest BCUT2D eigenvalue weighted by molar-refractivity contribution is 6.04. The largest absolute Gasteiger partial charge is 0.497 e. The molecule has 25 heavy (non-hydrogen) atoms. The summed E-state index contributed by atoms with van der Waals surface area (Å²) in [5.41, 5.74) is 0.924. The number of rotatable bonds is 5. The lowest BCUT2D eigenvalue weighted by Gasteiger charge is -2.19. The summed E-state index contributed by atoms with van der Waals surface area (Å²) in [5, 5.41) is 13.3. The second-order valence-corrected chi connectivity index (χ2v) is 5.69. The topological polar surface area (TPSA) is 91.4 Å². The first-order valence-corrected chi connectivity index (χ1v) is 7.80. The molecule has 0 radical (unpaired) electrons. The van der Waals surface area contributed by atoms with Crippen molar-refractivity contribution in [3.05, 3.63) is 70.0 Å². The molecule has 0 spiro atoms. The summed E-state index contributed by atoms with van der Waals surface area (Å²) < 4.78 is 5.15. The molecule has 0 saturated heterocycles. The van der Waals surface area contributed by atoms with E-state index < -0.39 is 11.5 Å². The van der Waals surface area contributed by atoms with Crippen LogP contribution in [-0.4, -0.2) is 23.2 Å². The van der Waals surface area contributed by atoms with Gasteiger partial charge in [0.2, 0.25) is 0 Å². The molecule has 1 aromatic heterocycles. The van der Waals surface area contributed by atoms with Crippen LogP contribution in [0.25, 0.3) is 10.9 Å². The molecule has 0 fully saturated rings. The average molecular weight is 338 g/mol. The van der Waals surface area contributed by atoms with Crippen molar-refractivity contribution in [2.75, 3.05) is 12.4 Å². The molecule has 0 bridgehead atoms. The highest BCUT2D eigenvalue weighted by Gasteiger charge is 2.20. The first-order chi connectivity index (χ1) is 12.0. The van der Waals surface area contributed by atoms with Gasteiger partial charge in [0.05, 0.1) is 18.3 Å². The second-order valence-electron chi connectivity index (χ2n) is 5.69. The lowest BCUT2D eigenvalue weighted by Crippen LogP contribution is -2.22. The quantitative estimate of drug-likeness (QED) is 0.663. The van der Waals surface area contributed by atoms with Crippen LogP contribution < -0.4 is 15.6 Å². The molecule has 1 heterocycles. The molecule has 3 aromatic rings. The number of methoxy groups -OCH3 is 1. The number of H-pyrrole nitrogens is 1. The zero-order valence-electron chi connectivity index (χ0n) is 13.9. The highest BCUT2D eigenvalue weighted by atomic mass is 16.5. The van der Waals surface area contributed by atoms with Crippen molar-refractivity contribution in [2.24, 2.45) is 0 Å². The van der Waals surface area contributed by atoms with Crippen molar-refractivity contribution < 1.29 is 14.6 Å². The number of hydrogen-bond acceptors (Lipinski definition) is 4. The molecule has 0 saturated carbocycles. The van der Waals surface area contributed by atoms with E-state index in [9.17, 15) is 14.7 Å². The Hall–Kier alpha value is -3.28. The van der Waals surface area contributed by atoms with Crippen LogP contribution in [0.1, 0.15) is 28.9 Å². The van der Waals surface area contributed by atoms with Gasteiger partial charge in [-0.05, 0) is 30.7 Å². The maximum atomic E-state index is 12.2. The standard InChI is InChI=1S/C19H18N2O4/c1-11(12-7-9-13(25-2)10-8-12)20-17-14-5-3-4-6-15(14)21-18(22)16(17)19(23)24/h3-11H,1-2H3,(H,23,24)(H2,20,21,22)/t11-/m0/s1. The highest BCUT2D eigenvalue weighted by Crippen LogP contribution is 2.28. The molecule has 2 aromatic carbocycles. The van der Waals surface area contributed by atoms with Gasteiger partial charge >= 0.3 is 5.97 Å². The van der Waals surface area contributed by atoms with E-state index in [1.165, 1.54) is 0 Å². The van der Waals surface area contributed by atoms with Gasteiger partial charge in [-0.1, -0.05) is 30.3 Å². The van der Waals surface area contributed by atoms with E-state index in [4.69, 9.17) is 4.74 Å². The predicted molar refractivity (Wildman–Crippen MR) is 96.6 cm³/mol. The Morgan fingerprint density at radius 2 is 1.84 bits per heavy atom. The molecule has 6 heteroatoms. The van der Waals surface area contributed by atoms with Crippen LogP contribution in [0, 0.1) is 0 Å². The Kier molecular flexibility index (Phi) is 4.43. The van der Waals surface area contributed by atoms with Crippen molar-refractivity contribution in [1.82, 2.24) is 4.98 Å². The van der Waals surface area contributed by atoms with E-state index in [1.807, 2.05) is 31.2 Å². The van der Waals surface area contributed by atoms with Crippen molar-refractivity contribution in [2.45, 2.75) is 13.0 Å². The lowest BCUT2D eigenvalue weighted by molar-refractivity contribution is 0.0696. The maximum Gasteiger partial charge on any atom is 0.343 e. The van der Waals surface area contributed by atoms with Crippen LogP contribution >= 0.6 is 0 Å². The third-order valence-corrected chi connectivity index (χ3v) is 4.11. The van der Waals surface area contributed by atoms with Crippen LogP contribution in [0.5, 0.6) is 5.75 Å². The van der Waals surface area contributed by atoms with E-state index in [0.29, 0.717) is 16.6 Å². The number of aromatic nitrogens is 1. The zero-order chi connectivity index (χ0) is 18.0. The molecule has 6 nitrogen and oxygen atoms in total. The molecule has 0 amide bonds. The minimum Gasteiger partial charge on any atom is -0.497 e. The number of nitrogens with one attached hydrogen (secondary N) is 2. The SMILES string of the molecule is COc1ccc([C@H](C)Nc2c(C(=O)O)c(=O)[nH]c3ccccc23)cc1. The number of carboxylic acids is 1. The number of fused-ring (bicyclic) bond motifs is 1. The molecule has 0 aliphatic heterocycles. The van der Waals surface area contributed by atoms with Crippen molar-refractivity contribution in [1.29, 1.82) is 0 Å². The molecule has 0 unspecified atom stereocenters. The minimum atomic E-state index is -1.27. The number of anilines is 1. The number of para-hydroxylation sites is 1. The third-order valence-electron chi connectivity index (χ3n) is 4.11. The fourth-order valence-corrected chi connectivity index (χ4v) is 2.79.